The molecule has 0 aromatic heterocycles. The second-order valence-corrected chi connectivity index (χ2v) is 9.00. The quantitative estimate of drug-likeness (QED) is 0.739. The lowest BCUT2D eigenvalue weighted by Crippen LogP contribution is -2.58. The van der Waals surface area contributed by atoms with E-state index < -0.39 is 10.0 Å². The molecule has 1 aromatic carbocycles. The summed E-state index contributed by atoms with van der Waals surface area (Å²) in [5.74, 6) is 0.296. The minimum absolute atomic E-state index is 0.179. The van der Waals surface area contributed by atoms with Gasteiger partial charge >= 0.3 is 0 Å². The minimum atomic E-state index is -3.52. The number of benzene rings is 1. The van der Waals surface area contributed by atoms with Crippen molar-refractivity contribution in [2.75, 3.05) is 26.7 Å². The van der Waals surface area contributed by atoms with Crippen molar-refractivity contribution in [2.24, 2.45) is 0 Å². The first-order valence-electron chi connectivity index (χ1n) is 6.74. The number of likely N-dealkylation sites (N-methyl/N-ethyl adjacent to an activating group) is 1. The molecule has 7 heteroatoms. The Kier molecular flexibility index (Phi) is 5.05. The van der Waals surface area contributed by atoms with Gasteiger partial charge in [-0.2, -0.15) is 4.31 Å². The summed E-state index contributed by atoms with van der Waals surface area (Å²) < 4.78 is 27.9. The van der Waals surface area contributed by atoms with Crippen molar-refractivity contribution in [1.29, 1.82) is 0 Å². The van der Waals surface area contributed by atoms with E-state index in [1.807, 2.05) is 13.1 Å². The Morgan fingerprint density at radius 1 is 1.33 bits per heavy atom. The van der Waals surface area contributed by atoms with Crippen LogP contribution in [-0.2, 0) is 15.9 Å². The molecular formula is C14H20BrClN2O2S. The molecule has 118 valence electrons. The van der Waals surface area contributed by atoms with Gasteiger partial charge in [-0.3, -0.25) is 4.90 Å². The Bertz CT molecular complexity index is 634. The van der Waals surface area contributed by atoms with Gasteiger partial charge in [0.15, 0.2) is 0 Å². The molecule has 0 bridgehead atoms. The average Bonchev–Trinajstić information content (AvgIpc) is 2.42. The standard InChI is InChI=1S/C14H20BrClN2O2S/c1-14(2)10-18(7-6-17(14)3)21(19,20)13-8-11(9-16)4-5-12(13)15/h4-5,8H,6-7,9-10H2,1-3H3. The second kappa shape index (κ2) is 6.16. The number of sulfonamides is 1. The first kappa shape index (κ1) is 17.2. The highest BCUT2D eigenvalue weighted by atomic mass is 79.9. The molecule has 0 aliphatic carbocycles. The smallest absolute Gasteiger partial charge is 0.244 e. The Balaban J connectivity index is 2.39. The Hall–Kier alpha value is -0.140. The highest BCUT2D eigenvalue weighted by molar-refractivity contribution is 9.10. The van der Waals surface area contributed by atoms with Gasteiger partial charge in [0, 0.05) is 35.5 Å². The first-order valence-corrected chi connectivity index (χ1v) is 9.51. The molecule has 1 saturated heterocycles. The van der Waals surface area contributed by atoms with Crippen LogP contribution in [0.15, 0.2) is 27.6 Å². The van der Waals surface area contributed by atoms with E-state index in [1.54, 1.807) is 16.4 Å². The molecule has 0 atom stereocenters. The number of alkyl halides is 1. The topological polar surface area (TPSA) is 40.6 Å². The molecule has 2 rings (SSSR count). The van der Waals surface area contributed by atoms with E-state index in [1.165, 1.54) is 0 Å². The predicted molar refractivity (Wildman–Crippen MR) is 89.2 cm³/mol. The number of hydrogen-bond donors (Lipinski definition) is 0. The van der Waals surface area contributed by atoms with Crippen LogP contribution in [0.1, 0.15) is 19.4 Å². The van der Waals surface area contributed by atoms with Crippen molar-refractivity contribution in [3.63, 3.8) is 0 Å². The van der Waals surface area contributed by atoms with Crippen LogP contribution in [0, 0.1) is 0 Å². The Labute approximate surface area is 140 Å². The fourth-order valence-electron chi connectivity index (χ4n) is 2.37. The lowest BCUT2D eigenvalue weighted by atomic mass is 10.0. The molecule has 0 saturated carbocycles. The van der Waals surface area contributed by atoms with Gasteiger partial charge in [-0.15, -0.1) is 11.6 Å². The van der Waals surface area contributed by atoms with E-state index >= 15 is 0 Å². The number of rotatable bonds is 3. The highest BCUT2D eigenvalue weighted by Crippen LogP contribution is 2.30. The van der Waals surface area contributed by atoms with Crippen molar-refractivity contribution in [2.45, 2.75) is 30.2 Å². The minimum Gasteiger partial charge on any atom is -0.299 e. The zero-order valence-electron chi connectivity index (χ0n) is 12.4. The largest absolute Gasteiger partial charge is 0.299 e. The molecule has 1 heterocycles. The molecular weight excluding hydrogens is 376 g/mol. The molecule has 21 heavy (non-hydrogen) atoms. The van der Waals surface area contributed by atoms with Crippen LogP contribution in [0.2, 0.25) is 0 Å². The summed E-state index contributed by atoms with van der Waals surface area (Å²) in [7, 11) is -1.50. The second-order valence-electron chi connectivity index (χ2n) is 5.97. The van der Waals surface area contributed by atoms with Gasteiger partial charge in [0.25, 0.3) is 0 Å². The maximum absolute atomic E-state index is 12.9. The van der Waals surface area contributed by atoms with E-state index in [0.29, 0.717) is 28.3 Å². The van der Waals surface area contributed by atoms with Crippen LogP contribution >= 0.6 is 27.5 Å². The highest BCUT2D eigenvalue weighted by Gasteiger charge is 2.37. The normalized spacial score (nSPS) is 20.6. The summed E-state index contributed by atoms with van der Waals surface area (Å²) in [4.78, 5) is 2.48. The molecule has 1 fully saturated rings. The molecule has 1 aliphatic heterocycles. The van der Waals surface area contributed by atoms with Gasteiger partial charge in [0.05, 0.1) is 4.90 Å². The summed E-state index contributed by atoms with van der Waals surface area (Å²) in [5.41, 5.74) is 0.619. The molecule has 0 N–H and O–H groups in total. The van der Waals surface area contributed by atoms with Crippen LogP contribution < -0.4 is 0 Å². The van der Waals surface area contributed by atoms with Gasteiger partial charge in [-0.1, -0.05) is 6.07 Å². The van der Waals surface area contributed by atoms with Crippen molar-refractivity contribution >= 4 is 37.6 Å². The van der Waals surface area contributed by atoms with Gasteiger partial charge < -0.3 is 0 Å². The van der Waals surface area contributed by atoms with Gasteiger partial charge in [-0.05, 0) is 54.5 Å². The Morgan fingerprint density at radius 2 is 2.00 bits per heavy atom. The monoisotopic (exact) mass is 394 g/mol. The summed E-state index contributed by atoms with van der Waals surface area (Å²) in [6.45, 7) is 5.81. The van der Waals surface area contributed by atoms with Crippen molar-refractivity contribution in [3.8, 4) is 0 Å². The van der Waals surface area contributed by atoms with E-state index in [-0.39, 0.29) is 5.54 Å². The van der Waals surface area contributed by atoms with Gasteiger partial charge in [0.1, 0.15) is 0 Å². The summed E-state index contributed by atoms with van der Waals surface area (Å²) in [5, 5.41) is 0. The lowest BCUT2D eigenvalue weighted by molar-refractivity contribution is 0.0801. The van der Waals surface area contributed by atoms with Gasteiger partial charge in [0.2, 0.25) is 10.0 Å². The van der Waals surface area contributed by atoms with Crippen LogP contribution in [0.3, 0.4) is 0 Å². The van der Waals surface area contributed by atoms with E-state index in [2.05, 4.69) is 34.7 Å². The van der Waals surface area contributed by atoms with Crippen LogP contribution in [0.25, 0.3) is 0 Å². The maximum Gasteiger partial charge on any atom is 0.244 e. The van der Waals surface area contributed by atoms with Gasteiger partial charge in [-0.25, -0.2) is 8.42 Å². The summed E-state index contributed by atoms with van der Waals surface area (Å²) >= 11 is 9.16. The molecule has 0 spiro atoms. The zero-order valence-corrected chi connectivity index (χ0v) is 15.6. The van der Waals surface area contributed by atoms with E-state index in [0.717, 1.165) is 12.1 Å². The number of halogens is 2. The molecule has 0 unspecified atom stereocenters. The molecule has 0 amide bonds. The SMILES string of the molecule is CN1CCN(S(=O)(=O)c2cc(CCl)ccc2Br)CC1(C)C. The van der Waals surface area contributed by atoms with E-state index in [9.17, 15) is 8.42 Å². The van der Waals surface area contributed by atoms with Crippen LogP contribution in [0.4, 0.5) is 0 Å². The molecule has 4 nitrogen and oxygen atoms in total. The molecule has 0 radical (unpaired) electrons. The fraction of sp³-hybridized carbons (Fsp3) is 0.571. The summed E-state index contributed by atoms with van der Waals surface area (Å²) in [6, 6.07) is 5.22. The van der Waals surface area contributed by atoms with Crippen molar-refractivity contribution in [1.82, 2.24) is 9.21 Å². The molecule has 1 aromatic rings. The number of nitrogens with zero attached hydrogens (tertiary/aromatic N) is 2. The molecule has 1 aliphatic rings. The average molecular weight is 396 g/mol. The third-order valence-corrected chi connectivity index (χ3v) is 7.20. The number of piperazine rings is 1. The zero-order chi connectivity index (χ0) is 15.8. The first-order chi connectivity index (χ1) is 9.68. The maximum atomic E-state index is 12.9. The fourth-order valence-corrected chi connectivity index (χ4v) is 5.10. The van der Waals surface area contributed by atoms with Crippen molar-refractivity contribution in [3.05, 3.63) is 28.2 Å². The van der Waals surface area contributed by atoms with E-state index in [4.69, 9.17) is 11.6 Å². The van der Waals surface area contributed by atoms with Crippen LogP contribution in [0.5, 0.6) is 0 Å². The number of hydrogen-bond acceptors (Lipinski definition) is 3. The lowest BCUT2D eigenvalue weighted by Gasteiger charge is -2.44. The third-order valence-electron chi connectivity index (χ3n) is 4.05. The van der Waals surface area contributed by atoms with Crippen molar-refractivity contribution < 1.29 is 8.42 Å². The van der Waals surface area contributed by atoms with Crippen LogP contribution in [-0.4, -0.2) is 49.8 Å². The predicted octanol–water partition coefficient (Wildman–Crippen LogP) is 2.90. The Morgan fingerprint density at radius 3 is 2.57 bits per heavy atom. The third kappa shape index (κ3) is 3.45. The summed E-state index contributed by atoms with van der Waals surface area (Å²) in [6.07, 6.45) is 0.